The van der Waals surface area contributed by atoms with E-state index in [1.54, 1.807) is 6.33 Å². The van der Waals surface area contributed by atoms with E-state index in [9.17, 15) is 5.11 Å². The Bertz CT molecular complexity index is 1340. The SMILES string of the molecule is CC(C)c1cccc(C2(NCC(O)C(N)Cc3ccc(Nc4cc(-c5ccccc5)ncn4)cc3)CC2)c1.Cl. The topological polar surface area (TPSA) is 96.1 Å². The van der Waals surface area contributed by atoms with Crippen molar-refractivity contribution in [2.45, 2.75) is 56.7 Å². The van der Waals surface area contributed by atoms with Crippen molar-refractivity contribution in [1.82, 2.24) is 15.3 Å². The quantitative estimate of drug-likeness (QED) is 0.187. The maximum absolute atomic E-state index is 10.8. The van der Waals surface area contributed by atoms with E-state index in [1.165, 1.54) is 11.1 Å². The smallest absolute Gasteiger partial charge is 0.134 e. The molecule has 39 heavy (non-hydrogen) atoms. The van der Waals surface area contributed by atoms with Crippen molar-refractivity contribution in [3.8, 4) is 11.3 Å². The first kappa shape index (κ1) is 28.7. The molecule has 5 N–H and O–H groups in total. The van der Waals surface area contributed by atoms with E-state index >= 15 is 0 Å². The summed E-state index contributed by atoms with van der Waals surface area (Å²) in [6, 6.07) is 28.6. The number of hydrogen-bond donors (Lipinski definition) is 4. The molecule has 1 aliphatic carbocycles. The van der Waals surface area contributed by atoms with Gasteiger partial charge in [0.2, 0.25) is 0 Å². The number of nitrogens with two attached hydrogens (primary N) is 1. The fraction of sp³-hybridized carbons (Fsp3) is 0.312. The number of halogens is 1. The minimum absolute atomic E-state index is 0. The molecule has 0 aliphatic heterocycles. The molecule has 0 spiro atoms. The number of anilines is 2. The molecule has 7 heteroatoms. The van der Waals surface area contributed by atoms with Gasteiger partial charge in [-0.2, -0.15) is 0 Å². The zero-order valence-corrected chi connectivity index (χ0v) is 23.4. The zero-order chi connectivity index (χ0) is 26.5. The first-order valence-corrected chi connectivity index (χ1v) is 13.4. The van der Waals surface area contributed by atoms with Crippen LogP contribution in [0.4, 0.5) is 11.5 Å². The average molecular weight is 544 g/mol. The van der Waals surface area contributed by atoms with Crippen molar-refractivity contribution in [3.05, 3.63) is 108 Å². The Kier molecular flexibility index (Phi) is 9.36. The summed E-state index contributed by atoms with van der Waals surface area (Å²) in [5.41, 5.74) is 13.0. The first-order valence-electron chi connectivity index (χ1n) is 13.4. The van der Waals surface area contributed by atoms with E-state index in [2.05, 4.69) is 58.7 Å². The van der Waals surface area contributed by atoms with E-state index < -0.39 is 6.10 Å². The van der Waals surface area contributed by atoms with Crippen molar-refractivity contribution in [2.75, 3.05) is 11.9 Å². The van der Waals surface area contributed by atoms with Gasteiger partial charge in [-0.1, -0.05) is 80.6 Å². The summed E-state index contributed by atoms with van der Waals surface area (Å²) < 4.78 is 0. The van der Waals surface area contributed by atoms with Crippen molar-refractivity contribution < 1.29 is 5.11 Å². The number of hydrogen-bond acceptors (Lipinski definition) is 6. The monoisotopic (exact) mass is 543 g/mol. The molecule has 5 rings (SSSR count). The molecule has 0 saturated heterocycles. The van der Waals surface area contributed by atoms with E-state index in [1.807, 2.05) is 60.7 Å². The van der Waals surface area contributed by atoms with E-state index in [0.717, 1.165) is 41.2 Å². The Labute approximate surface area is 237 Å². The van der Waals surface area contributed by atoms with Gasteiger partial charge < -0.3 is 21.5 Å². The van der Waals surface area contributed by atoms with Crippen molar-refractivity contribution in [1.29, 1.82) is 0 Å². The van der Waals surface area contributed by atoms with Crippen LogP contribution in [0.2, 0.25) is 0 Å². The van der Waals surface area contributed by atoms with E-state index in [0.29, 0.717) is 18.9 Å². The molecule has 0 bridgehead atoms. The highest BCUT2D eigenvalue weighted by molar-refractivity contribution is 5.85. The molecular formula is C32H38ClN5O. The van der Waals surface area contributed by atoms with Crippen LogP contribution in [-0.4, -0.2) is 33.8 Å². The summed E-state index contributed by atoms with van der Waals surface area (Å²) >= 11 is 0. The minimum Gasteiger partial charge on any atom is -0.390 e. The van der Waals surface area contributed by atoms with Crippen LogP contribution in [0, 0.1) is 0 Å². The summed E-state index contributed by atoms with van der Waals surface area (Å²) in [5, 5.41) is 17.8. The number of nitrogens with zero attached hydrogens (tertiary/aromatic N) is 2. The highest BCUT2D eigenvalue weighted by Gasteiger charge is 2.44. The third-order valence-electron chi connectivity index (χ3n) is 7.43. The van der Waals surface area contributed by atoms with E-state index in [-0.39, 0.29) is 24.0 Å². The van der Waals surface area contributed by atoms with Crippen LogP contribution in [0.1, 0.15) is 49.3 Å². The van der Waals surface area contributed by atoms with Gasteiger partial charge in [0, 0.05) is 35.4 Å². The van der Waals surface area contributed by atoms with Crippen molar-refractivity contribution in [2.24, 2.45) is 5.73 Å². The molecule has 1 aliphatic rings. The number of aliphatic hydroxyl groups excluding tert-OH is 1. The van der Waals surface area contributed by atoms with Crippen molar-refractivity contribution >= 4 is 23.9 Å². The molecule has 0 amide bonds. The molecule has 1 heterocycles. The molecule has 0 radical (unpaired) electrons. The zero-order valence-electron chi connectivity index (χ0n) is 22.5. The highest BCUT2D eigenvalue weighted by atomic mass is 35.5. The lowest BCUT2D eigenvalue weighted by atomic mass is 9.96. The maximum atomic E-state index is 10.8. The number of rotatable bonds is 11. The van der Waals surface area contributed by atoms with Gasteiger partial charge in [-0.15, -0.1) is 12.4 Å². The second-order valence-electron chi connectivity index (χ2n) is 10.7. The largest absolute Gasteiger partial charge is 0.390 e. The third-order valence-corrected chi connectivity index (χ3v) is 7.43. The van der Waals surface area contributed by atoms with E-state index in [4.69, 9.17) is 5.73 Å². The molecule has 1 fully saturated rings. The van der Waals surface area contributed by atoms with Gasteiger partial charge in [0.1, 0.15) is 12.1 Å². The summed E-state index contributed by atoms with van der Waals surface area (Å²) in [6.07, 6.45) is 3.72. The van der Waals surface area contributed by atoms with Crippen LogP contribution in [0.15, 0.2) is 91.3 Å². The molecule has 2 atom stereocenters. The Morgan fingerprint density at radius 2 is 1.67 bits per heavy atom. The number of aliphatic hydroxyl groups is 1. The summed E-state index contributed by atoms with van der Waals surface area (Å²) in [4.78, 5) is 8.73. The van der Waals surface area contributed by atoms with Gasteiger partial charge in [-0.25, -0.2) is 9.97 Å². The molecule has 2 unspecified atom stereocenters. The van der Waals surface area contributed by atoms with Crippen LogP contribution in [0.25, 0.3) is 11.3 Å². The molecular weight excluding hydrogens is 506 g/mol. The molecule has 6 nitrogen and oxygen atoms in total. The first-order chi connectivity index (χ1) is 18.4. The van der Waals surface area contributed by atoms with Gasteiger partial charge in [-0.05, 0) is 54.0 Å². The molecule has 204 valence electrons. The lowest BCUT2D eigenvalue weighted by Gasteiger charge is -2.24. The molecule has 4 aromatic rings. The Morgan fingerprint density at radius 3 is 2.36 bits per heavy atom. The van der Waals surface area contributed by atoms with Gasteiger partial charge in [0.25, 0.3) is 0 Å². The average Bonchev–Trinajstić information content (AvgIpc) is 3.75. The second-order valence-corrected chi connectivity index (χ2v) is 10.7. The minimum atomic E-state index is -0.629. The predicted molar refractivity (Wildman–Crippen MR) is 162 cm³/mol. The summed E-state index contributed by atoms with van der Waals surface area (Å²) in [5.74, 6) is 1.23. The van der Waals surface area contributed by atoms with Gasteiger partial charge >= 0.3 is 0 Å². The molecule has 3 aromatic carbocycles. The van der Waals surface area contributed by atoms with Crippen molar-refractivity contribution in [3.63, 3.8) is 0 Å². The fourth-order valence-electron chi connectivity index (χ4n) is 4.81. The summed E-state index contributed by atoms with van der Waals surface area (Å²) in [7, 11) is 0. The maximum Gasteiger partial charge on any atom is 0.134 e. The number of benzene rings is 3. The normalized spacial score (nSPS) is 15.3. The molecule has 1 saturated carbocycles. The van der Waals surface area contributed by atoms with Crippen LogP contribution < -0.4 is 16.4 Å². The Hall–Kier alpha value is -3.29. The van der Waals surface area contributed by atoms with Gasteiger partial charge in [-0.3, -0.25) is 0 Å². The van der Waals surface area contributed by atoms with Crippen LogP contribution in [-0.2, 0) is 12.0 Å². The Morgan fingerprint density at radius 1 is 0.923 bits per heavy atom. The number of aromatic nitrogens is 2. The van der Waals surface area contributed by atoms with Gasteiger partial charge in [0.05, 0.1) is 11.8 Å². The van der Waals surface area contributed by atoms with Crippen LogP contribution in [0.3, 0.4) is 0 Å². The van der Waals surface area contributed by atoms with Crippen LogP contribution >= 0.6 is 12.4 Å². The summed E-state index contributed by atoms with van der Waals surface area (Å²) in [6.45, 7) is 4.91. The lowest BCUT2D eigenvalue weighted by molar-refractivity contribution is 0.136. The predicted octanol–water partition coefficient (Wildman–Crippen LogP) is 5.94. The lowest BCUT2D eigenvalue weighted by Crippen LogP contribution is -2.45. The fourth-order valence-corrected chi connectivity index (χ4v) is 4.81. The third kappa shape index (κ3) is 7.22. The Balaban J connectivity index is 0.00000353. The standard InChI is InChI=1S/C32H37N5O.ClH/c1-22(2)25-9-6-10-26(18-25)32(15-16-32)36-20-30(38)28(33)17-23-11-13-27(14-12-23)37-31-19-29(34-21-35-31)24-7-4-3-5-8-24;/h3-14,18-19,21-22,28,30,36,38H,15-17,20,33H2,1-2H3,(H,34,35,37);1H. The second kappa shape index (κ2) is 12.7. The number of nitrogens with one attached hydrogen (secondary N) is 2. The highest BCUT2D eigenvalue weighted by Crippen LogP contribution is 2.46. The van der Waals surface area contributed by atoms with Crippen LogP contribution in [0.5, 0.6) is 0 Å². The molecule has 1 aromatic heterocycles. The van der Waals surface area contributed by atoms with Gasteiger partial charge in [0.15, 0.2) is 0 Å².